The number of carbonyl (C=O) groups excluding carboxylic acids is 1. The molecule has 1 saturated carbocycles. The zero-order chi connectivity index (χ0) is 17.3. The molecule has 1 amide bonds. The molecule has 2 N–H and O–H groups in total. The number of sulfonamides is 1. The van der Waals surface area contributed by atoms with E-state index in [-0.39, 0.29) is 23.6 Å². The lowest BCUT2D eigenvalue weighted by Gasteiger charge is -2.07. The number of nitrogens with one attached hydrogen (secondary N) is 2. The SMILES string of the molecule is CS(=O)(=O)Nc1ccc(NC(=O)C2CC2c2ccc(F)cc2)cc1. The van der Waals surface area contributed by atoms with E-state index in [0.29, 0.717) is 11.4 Å². The van der Waals surface area contributed by atoms with E-state index in [9.17, 15) is 17.6 Å². The van der Waals surface area contributed by atoms with Gasteiger partial charge in [0.15, 0.2) is 0 Å². The van der Waals surface area contributed by atoms with E-state index < -0.39 is 10.0 Å². The predicted octanol–water partition coefficient (Wildman–Crippen LogP) is 2.94. The molecule has 0 aliphatic heterocycles. The molecular weight excluding hydrogens is 331 g/mol. The fraction of sp³-hybridized carbons (Fsp3) is 0.235. The molecule has 0 heterocycles. The van der Waals surface area contributed by atoms with Gasteiger partial charge in [-0.25, -0.2) is 12.8 Å². The van der Waals surface area contributed by atoms with Gasteiger partial charge in [0, 0.05) is 17.3 Å². The summed E-state index contributed by atoms with van der Waals surface area (Å²) in [5, 5.41) is 2.81. The van der Waals surface area contributed by atoms with Crippen molar-refractivity contribution in [3.05, 3.63) is 59.9 Å². The number of hydrogen-bond acceptors (Lipinski definition) is 3. The van der Waals surface area contributed by atoms with E-state index >= 15 is 0 Å². The summed E-state index contributed by atoms with van der Waals surface area (Å²) in [7, 11) is -3.32. The second kappa shape index (κ2) is 6.24. The summed E-state index contributed by atoms with van der Waals surface area (Å²) in [6.07, 6.45) is 1.82. The highest BCUT2D eigenvalue weighted by Gasteiger charge is 2.43. The molecule has 1 aliphatic rings. The third-order valence-electron chi connectivity index (χ3n) is 3.88. The summed E-state index contributed by atoms with van der Waals surface area (Å²) in [6, 6.07) is 12.7. The van der Waals surface area contributed by atoms with Crippen LogP contribution in [0.25, 0.3) is 0 Å². The highest BCUT2D eigenvalue weighted by atomic mass is 32.2. The van der Waals surface area contributed by atoms with Crippen LogP contribution in [0.5, 0.6) is 0 Å². The Hall–Kier alpha value is -2.41. The third-order valence-corrected chi connectivity index (χ3v) is 4.49. The van der Waals surface area contributed by atoms with Gasteiger partial charge in [-0.1, -0.05) is 12.1 Å². The summed E-state index contributed by atoms with van der Waals surface area (Å²) in [5.41, 5.74) is 2.00. The van der Waals surface area contributed by atoms with Gasteiger partial charge in [-0.15, -0.1) is 0 Å². The molecule has 2 aromatic rings. The fourth-order valence-corrected chi connectivity index (χ4v) is 3.20. The molecule has 2 atom stereocenters. The normalized spacial score (nSPS) is 19.6. The number of benzene rings is 2. The molecule has 3 rings (SSSR count). The Morgan fingerprint density at radius 2 is 1.62 bits per heavy atom. The van der Waals surface area contributed by atoms with Crippen LogP contribution in [-0.4, -0.2) is 20.6 Å². The first-order valence-electron chi connectivity index (χ1n) is 7.46. The lowest BCUT2D eigenvalue weighted by Crippen LogP contribution is -2.14. The predicted molar refractivity (Wildman–Crippen MR) is 90.8 cm³/mol. The van der Waals surface area contributed by atoms with Crippen molar-refractivity contribution in [3.8, 4) is 0 Å². The minimum atomic E-state index is -3.32. The largest absolute Gasteiger partial charge is 0.326 e. The van der Waals surface area contributed by atoms with Crippen LogP contribution < -0.4 is 10.0 Å². The Labute approximate surface area is 139 Å². The Bertz CT molecular complexity index is 848. The van der Waals surface area contributed by atoms with Gasteiger partial charge >= 0.3 is 0 Å². The standard InChI is InChI=1S/C17H17FN2O3S/c1-24(22,23)20-14-8-6-13(7-9-14)19-17(21)16-10-15(16)11-2-4-12(18)5-3-11/h2-9,15-16,20H,10H2,1H3,(H,19,21). The number of halogens is 1. The van der Waals surface area contributed by atoms with Crippen molar-refractivity contribution < 1.29 is 17.6 Å². The van der Waals surface area contributed by atoms with Crippen molar-refractivity contribution in [3.63, 3.8) is 0 Å². The van der Waals surface area contributed by atoms with Crippen molar-refractivity contribution in [1.29, 1.82) is 0 Å². The molecular formula is C17H17FN2O3S. The Balaban J connectivity index is 1.59. The molecule has 1 aliphatic carbocycles. The van der Waals surface area contributed by atoms with E-state index in [1.54, 1.807) is 36.4 Å². The van der Waals surface area contributed by atoms with Gasteiger partial charge < -0.3 is 5.32 Å². The first kappa shape index (κ1) is 16.4. The number of amides is 1. The minimum Gasteiger partial charge on any atom is -0.326 e. The van der Waals surface area contributed by atoms with Gasteiger partial charge in [0.1, 0.15) is 5.82 Å². The van der Waals surface area contributed by atoms with Crippen molar-refractivity contribution in [2.24, 2.45) is 5.92 Å². The molecule has 2 unspecified atom stereocenters. The van der Waals surface area contributed by atoms with Crippen LogP contribution in [0.2, 0.25) is 0 Å². The minimum absolute atomic E-state index is 0.0897. The number of anilines is 2. The van der Waals surface area contributed by atoms with Crippen LogP contribution >= 0.6 is 0 Å². The summed E-state index contributed by atoms with van der Waals surface area (Å²) < 4.78 is 37.6. The zero-order valence-electron chi connectivity index (χ0n) is 13.0. The average Bonchev–Trinajstić information content (AvgIpc) is 3.29. The lowest BCUT2D eigenvalue weighted by molar-refractivity contribution is -0.117. The average molecular weight is 348 g/mol. The van der Waals surface area contributed by atoms with Crippen LogP contribution in [-0.2, 0) is 14.8 Å². The molecule has 0 bridgehead atoms. The van der Waals surface area contributed by atoms with Gasteiger partial charge in [-0.2, -0.15) is 0 Å². The highest BCUT2D eigenvalue weighted by Crippen LogP contribution is 2.48. The van der Waals surface area contributed by atoms with Crippen LogP contribution in [0, 0.1) is 11.7 Å². The van der Waals surface area contributed by atoms with Crippen molar-refractivity contribution in [2.75, 3.05) is 16.3 Å². The van der Waals surface area contributed by atoms with E-state index in [1.165, 1.54) is 12.1 Å². The summed E-state index contributed by atoms with van der Waals surface area (Å²) in [4.78, 5) is 12.2. The number of carbonyl (C=O) groups is 1. The topological polar surface area (TPSA) is 75.3 Å². The fourth-order valence-electron chi connectivity index (χ4n) is 2.63. The van der Waals surface area contributed by atoms with E-state index in [2.05, 4.69) is 10.0 Å². The Kier molecular flexibility index (Phi) is 4.28. The van der Waals surface area contributed by atoms with Crippen LogP contribution in [0.3, 0.4) is 0 Å². The molecule has 126 valence electrons. The maximum absolute atomic E-state index is 12.9. The molecule has 0 saturated heterocycles. The van der Waals surface area contributed by atoms with Gasteiger partial charge in [-0.3, -0.25) is 9.52 Å². The van der Waals surface area contributed by atoms with E-state index in [1.807, 2.05) is 0 Å². The maximum Gasteiger partial charge on any atom is 0.229 e. The number of rotatable bonds is 5. The third kappa shape index (κ3) is 4.11. The first-order valence-corrected chi connectivity index (χ1v) is 9.35. The molecule has 5 nitrogen and oxygen atoms in total. The monoisotopic (exact) mass is 348 g/mol. The van der Waals surface area contributed by atoms with Crippen molar-refractivity contribution >= 4 is 27.3 Å². The summed E-state index contributed by atoms with van der Waals surface area (Å²) in [5.74, 6) is -0.377. The molecule has 2 aromatic carbocycles. The van der Waals surface area contributed by atoms with Gasteiger partial charge in [0.2, 0.25) is 15.9 Å². The Morgan fingerprint density at radius 3 is 2.21 bits per heavy atom. The molecule has 0 aromatic heterocycles. The quantitative estimate of drug-likeness (QED) is 0.872. The second-order valence-corrected chi connectivity index (χ2v) is 7.69. The first-order chi connectivity index (χ1) is 11.3. The van der Waals surface area contributed by atoms with E-state index in [0.717, 1.165) is 18.2 Å². The molecule has 7 heteroatoms. The van der Waals surface area contributed by atoms with Gasteiger partial charge in [0.05, 0.1) is 6.26 Å². The molecule has 0 spiro atoms. The van der Waals surface area contributed by atoms with Crippen molar-refractivity contribution in [2.45, 2.75) is 12.3 Å². The van der Waals surface area contributed by atoms with Crippen LogP contribution in [0.4, 0.5) is 15.8 Å². The van der Waals surface area contributed by atoms with Gasteiger partial charge in [-0.05, 0) is 54.3 Å². The molecule has 1 fully saturated rings. The molecule has 0 radical (unpaired) electrons. The molecule has 24 heavy (non-hydrogen) atoms. The maximum atomic E-state index is 12.9. The highest BCUT2D eigenvalue weighted by molar-refractivity contribution is 7.92. The van der Waals surface area contributed by atoms with Gasteiger partial charge in [0.25, 0.3) is 0 Å². The van der Waals surface area contributed by atoms with E-state index in [4.69, 9.17) is 0 Å². The smallest absolute Gasteiger partial charge is 0.229 e. The Morgan fingerprint density at radius 1 is 1.04 bits per heavy atom. The second-order valence-electron chi connectivity index (χ2n) is 5.94. The van der Waals surface area contributed by atoms with Crippen LogP contribution in [0.1, 0.15) is 17.9 Å². The van der Waals surface area contributed by atoms with Crippen LogP contribution in [0.15, 0.2) is 48.5 Å². The zero-order valence-corrected chi connectivity index (χ0v) is 13.8. The summed E-state index contributed by atoms with van der Waals surface area (Å²) >= 11 is 0. The van der Waals surface area contributed by atoms with Crippen molar-refractivity contribution in [1.82, 2.24) is 0 Å². The lowest BCUT2D eigenvalue weighted by atomic mass is 10.1. The number of hydrogen-bond donors (Lipinski definition) is 2. The summed E-state index contributed by atoms with van der Waals surface area (Å²) in [6.45, 7) is 0.